The molecule has 0 amide bonds. The lowest BCUT2D eigenvalue weighted by Gasteiger charge is -2.21. The summed E-state index contributed by atoms with van der Waals surface area (Å²) in [5.41, 5.74) is -0.288. The first-order chi connectivity index (χ1) is 6.79. The molecule has 0 fully saturated rings. The molecular formula is C10H17NO3S. The number of rotatable bonds is 4. The molecule has 0 unspecified atom stereocenters. The summed E-state index contributed by atoms with van der Waals surface area (Å²) in [7, 11) is -3.30. The zero-order chi connectivity index (χ0) is 11.7. The van der Waals surface area contributed by atoms with Gasteiger partial charge in [0.2, 0.25) is 0 Å². The summed E-state index contributed by atoms with van der Waals surface area (Å²) < 4.78 is 28.1. The second-order valence-corrected chi connectivity index (χ2v) is 6.32. The normalized spacial score (nSPS) is 13.1. The highest BCUT2D eigenvalue weighted by atomic mass is 32.2. The second-order valence-electron chi connectivity index (χ2n) is 4.39. The molecule has 15 heavy (non-hydrogen) atoms. The van der Waals surface area contributed by atoms with Gasteiger partial charge in [0.15, 0.2) is 21.3 Å². The Labute approximate surface area is 90.6 Å². The molecular weight excluding hydrogens is 214 g/mol. The first kappa shape index (κ1) is 12.2. The van der Waals surface area contributed by atoms with Crippen LogP contribution in [-0.4, -0.2) is 19.7 Å². The van der Waals surface area contributed by atoms with E-state index in [1.807, 2.05) is 13.8 Å². The maximum atomic E-state index is 11.4. The van der Waals surface area contributed by atoms with Crippen molar-refractivity contribution in [3.63, 3.8) is 0 Å². The Hall–Kier alpha value is -0.840. The van der Waals surface area contributed by atoms with Crippen molar-refractivity contribution in [2.45, 2.75) is 44.1 Å². The molecule has 4 nitrogen and oxygen atoms in total. The van der Waals surface area contributed by atoms with Crippen LogP contribution in [0.1, 0.15) is 39.4 Å². The first-order valence-corrected chi connectivity index (χ1v) is 6.82. The van der Waals surface area contributed by atoms with Crippen molar-refractivity contribution in [3.8, 4) is 0 Å². The van der Waals surface area contributed by atoms with Crippen LogP contribution in [0.2, 0.25) is 0 Å². The molecule has 0 atom stereocenters. The van der Waals surface area contributed by atoms with Crippen LogP contribution in [0.25, 0.3) is 0 Å². The summed E-state index contributed by atoms with van der Waals surface area (Å²) in [6.45, 7) is 5.98. The number of sulfone groups is 1. The van der Waals surface area contributed by atoms with E-state index in [4.69, 9.17) is 4.42 Å². The minimum Gasteiger partial charge on any atom is -0.446 e. The van der Waals surface area contributed by atoms with E-state index in [0.29, 0.717) is 5.76 Å². The molecule has 0 saturated heterocycles. The summed E-state index contributed by atoms with van der Waals surface area (Å²) in [6.07, 6.45) is 4.18. The molecule has 0 N–H and O–H groups in total. The van der Waals surface area contributed by atoms with Crippen molar-refractivity contribution in [2.75, 3.05) is 6.26 Å². The van der Waals surface area contributed by atoms with E-state index in [1.165, 1.54) is 6.39 Å². The Morgan fingerprint density at radius 1 is 1.47 bits per heavy atom. The van der Waals surface area contributed by atoms with Gasteiger partial charge in [-0.05, 0) is 6.42 Å². The van der Waals surface area contributed by atoms with Crippen LogP contribution in [0, 0.1) is 0 Å². The average molecular weight is 231 g/mol. The molecule has 0 saturated carbocycles. The summed E-state index contributed by atoms with van der Waals surface area (Å²) >= 11 is 0. The predicted molar refractivity (Wildman–Crippen MR) is 57.5 cm³/mol. The van der Waals surface area contributed by atoms with Gasteiger partial charge in [0.05, 0.1) is 0 Å². The standard InChI is InChI=1S/C10H17NO3S/c1-5-6-10(2,3)8-9(11-7-14-8)15(4,12)13/h7H,5-6H2,1-4H3. The molecule has 0 radical (unpaired) electrons. The van der Waals surface area contributed by atoms with Gasteiger partial charge in [-0.2, -0.15) is 0 Å². The third-order valence-corrected chi connectivity index (χ3v) is 3.37. The molecule has 0 aliphatic heterocycles. The van der Waals surface area contributed by atoms with Crippen LogP contribution in [0.15, 0.2) is 15.8 Å². The molecule has 0 aliphatic rings. The lowest BCUT2D eigenvalue weighted by Crippen LogP contribution is -2.19. The quantitative estimate of drug-likeness (QED) is 0.796. The number of aromatic nitrogens is 1. The molecule has 0 aliphatic carbocycles. The highest BCUT2D eigenvalue weighted by Gasteiger charge is 2.31. The second kappa shape index (κ2) is 3.96. The zero-order valence-electron chi connectivity index (χ0n) is 9.57. The van der Waals surface area contributed by atoms with Gasteiger partial charge >= 0.3 is 0 Å². The van der Waals surface area contributed by atoms with Gasteiger partial charge in [0.25, 0.3) is 0 Å². The van der Waals surface area contributed by atoms with Crippen LogP contribution in [-0.2, 0) is 15.3 Å². The SMILES string of the molecule is CCCC(C)(C)c1ocnc1S(C)(=O)=O. The van der Waals surface area contributed by atoms with Gasteiger partial charge < -0.3 is 4.42 Å². The van der Waals surface area contributed by atoms with Crippen LogP contribution >= 0.6 is 0 Å². The van der Waals surface area contributed by atoms with Gasteiger partial charge in [-0.25, -0.2) is 13.4 Å². The Morgan fingerprint density at radius 2 is 2.07 bits per heavy atom. The molecule has 1 aromatic rings. The summed E-state index contributed by atoms with van der Waals surface area (Å²) in [5, 5.41) is 0.0703. The minimum absolute atomic E-state index is 0.0703. The van der Waals surface area contributed by atoms with Crippen LogP contribution in [0.3, 0.4) is 0 Å². The Bertz CT molecular complexity index is 431. The predicted octanol–water partition coefficient (Wildman–Crippen LogP) is 2.16. The first-order valence-electron chi connectivity index (χ1n) is 4.93. The van der Waals surface area contributed by atoms with Gasteiger partial charge in [-0.1, -0.05) is 27.2 Å². The van der Waals surface area contributed by atoms with Crippen LogP contribution < -0.4 is 0 Å². The lowest BCUT2D eigenvalue weighted by molar-refractivity contribution is 0.351. The zero-order valence-corrected chi connectivity index (χ0v) is 10.4. The van der Waals surface area contributed by atoms with E-state index >= 15 is 0 Å². The van der Waals surface area contributed by atoms with E-state index in [0.717, 1.165) is 19.1 Å². The van der Waals surface area contributed by atoms with E-state index < -0.39 is 9.84 Å². The third kappa shape index (κ3) is 2.59. The van der Waals surface area contributed by atoms with Crippen molar-refractivity contribution < 1.29 is 12.8 Å². The number of hydrogen-bond acceptors (Lipinski definition) is 4. The fourth-order valence-electron chi connectivity index (χ4n) is 1.69. The van der Waals surface area contributed by atoms with Crippen molar-refractivity contribution in [1.82, 2.24) is 4.98 Å². The number of nitrogens with zero attached hydrogens (tertiary/aromatic N) is 1. The third-order valence-electron chi connectivity index (χ3n) is 2.38. The minimum atomic E-state index is -3.30. The topological polar surface area (TPSA) is 60.2 Å². The molecule has 0 aromatic carbocycles. The Morgan fingerprint density at radius 3 is 2.53 bits per heavy atom. The lowest BCUT2D eigenvalue weighted by atomic mass is 9.86. The van der Waals surface area contributed by atoms with Crippen LogP contribution in [0.4, 0.5) is 0 Å². The van der Waals surface area contributed by atoms with E-state index in [9.17, 15) is 8.42 Å². The summed E-state index contributed by atoms with van der Waals surface area (Å²) in [5.74, 6) is 0.465. The molecule has 5 heteroatoms. The van der Waals surface area contributed by atoms with Gasteiger partial charge in [0.1, 0.15) is 5.76 Å². The summed E-state index contributed by atoms with van der Waals surface area (Å²) in [4.78, 5) is 3.78. The van der Waals surface area contributed by atoms with Gasteiger partial charge in [0, 0.05) is 11.7 Å². The van der Waals surface area contributed by atoms with Gasteiger partial charge in [-0.15, -0.1) is 0 Å². The van der Waals surface area contributed by atoms with Crippen molar-refractivity contribution in [1.29, 1.82) is 0 Å². The molecule has 86 valence electrons. The van der Waals surface area contributed by atoms with Crippen LogP contribution in [0.5, 0.6) is 0 Å². The van der Waals surface area contributed by atoms with Gasteiger partial charge in [-0.3, -0.25) is 0 Å². The van der Waals surface area contributed by atoms with E-state index in [2.05, 4.69) is 11.9 Å². The fourth-order valence-corrected chi connectivity index (χ4v) is 2.58. The smallest absolute Gasteiger partial charge is 0.197 e. The molecule has 0 bridgehead atoms. The summed E-state index contributed by atoms with van der Waals surface area (Å²) in [6, 6.07) is 0. The maximum absolute atomic E-state index is 11.4. The van der Waals surface area contributed by atoms with Crippen molar-refractivity contribution in [2.24, 2.45) is 0 Å². The molecule has 1 aromatic heterocycles. The average Bonchev–Trinajstić information content (AvgIpc) is 2.49. The highest BCUT2D eigenvalue weighted by molar-refractivity contribution is 7.90. The fraction of sp³-hybridized carbons (Fsp3) is 0.700. The van der Waals surface area contributed by atoms with Crippen molar-refractivity contribution in [3.05, 3.63) is 12.2 Å². The van der Waals surface area contributed by atoms with E-state index in [-0.39, 0.29) is 10.4 Å². The maximum Gasteiger partial charge on any atom is 0.197 e. The number of oxazole rings is 1. The van der Waals surface area contributed by atoms with E-state index in [1.54, 1.807) is 0 Å². The Kier molecular flexibility index (Phi) is 3.23. The monoisotopic (exact) mass is 231 g/mol. The Balaban J connectivity index is 3.22. The highest BCUT2D eigenvalue weighted by Crippen LogP contribution is 2.32. The molecule has 0 spiro atoms. The molecule has 1 heterocycles. The molecule has 1 rings (SSSR count). The largest absolute Gasteiger partial charge is 0.446 e. The number of hydrogen-bond donors (Lipinski definition) is 0. The van der Waals surface area contributed by atoms with Crippen molar-refractivity contribution >= 4 is 9.84 Å².